The number of carbonyl (C=O) groups is 5. The summed E-state index contributed by atoms with van der Waals surface area (Å²) < 4.78 is 18.4. The van der Waals surface area contributed by atoms with Gasteiger partial charge in [0.05, 0.1) is 30.0 Å². The van der Waals surface area contributed by atoms with Crippen molar-refractivity contribution < 1.29 is 38.2 Å². The van der Waals surface area contributed by atoms with Crippen LogP contribution in [0.3, 0.4) is 0 Å². The van der Waals surface area contributed by atoms with Gasteiger partial charge in [0, 0.05) is 94.6 Å². The highest BCUT2D eigenvalue weighted by Crippen LogP contribution is 2.42. The van der Waals surface area contributed by atoms with Crippen molar-refractivity contribution in [3.8, 4) is 34.7 Å². The Balaban J connectivity index is 0.00000128. The third-order valence-corrected chi connectivity index (χ3v) is 13.6. The minimum absolute atomic E-state index is 0.198. The molecule has 3 aliphatic heterocycles. The lowest BCUT2D eigenvalue weighted by Gasteiger charge is -2.35. The first kappa shape index (κ1) is 56.8. The molecule has 4 atom stereocenters. The molecule has 15 heteroatoms. The zero-order valence-corrected chi connectivity index (χ0v) is 44.4. The fourth-order valence-electron chi connectivity index (χ4n) is 10.00. The van der Waals surface area contributed by atoms with Gasteiger partial charge in [-0.2, -0.15) is 0 Å². The molecule has 72 heavy (non-hydrogen) atoms. The fourth-order valence-corrected chi connectivity index (χ4v) is 10.00. The summed E-state index contributed by atoms with van der Waals surface area (Å²) in [4.78, 5) is 73.7. The molecule has 3 unspecified atom stereocenters. The maximum atomic E-state index is 14.4. The van der Waals surface area contributed by atoms with Gasteiger partial charge in [0.1, 0.15) is 12.1 Å². The van der Waals surface area contributed by atoms with Crippen LogP contribution in [-0.2, 0) is 57.6 Å². The molecule has 3 saturated heterocycles. The van der Waals surface area contributed by atoms with Crippen LogP contribution in [0.5, 0.6) is 0 Å². The molecule has 0 bridgehead atoms. The van der Waals surface area contributed by atoms with E-state index in [0.29, 0.717) is 45.5 Å². The number of hydrogen-bond acceptors (Lipinski definition) is 10. The number of hydrogen-bond donors (Lipinski definition) is 2. The quantitative estimate of drug-likeness (QED) is 0.0744. The Bertz CT molecular complexity index is 2490. The predicted molar refractivity (Wildman–Crippen MR) is 282 cm³/mol. The Hall–Kier alpha value is -6.08. The predicted octanol–water partition coefficient (Wildman–Crippen LogP) is 7.78. The van der Waals surface area contributed by atoms with Gasteiger partial charge in [0.2, 0.25) is 11.8 Å². The molecule has 0 radical (unpaired) electrons. The van der Waals surface area contributed by atoms with Gasteiger partial charge in [-0.1, -0.05) is 71.9 Å². The highest BCUT2D eigenvalue weighted by Gasteiger charge is 2.39. The average molecular weight is 990 g/mol. The number of amides is 4. The van der Waals surface area contributed by atoms with E-state index < -0.39 is 35.2 Å². The van der Waals surface area contributed by atoms with Gasteiger partial charge in [-0.25, -0.2) is 5.43 Å². The summed E-state index contributed by atoms with van der Waals surface area (Å²) in [6.07, 6.45) is 12.5. The Morgan fingerprint density at radius 3 is 2.38 bits per heavy atom. The van der Waals surface area contributed by atoms with E-state index in [4.69, 9.17) is 25.6 Å². The van der Waals surface area contributed by atoms with Crippen molar-refractivity contribution in [3.05, 3.63) is 77.6 Å². The third-order valence-electron chi connectivity index (χ3n) is 13.6. The van der Waals surface area contributed by atoms with Crippen LogP contribution in [0.15, 0.2) is 60.8 Å². The molecule has 4 aromatic rings. The van der Waals surface area contributed by atoms with Crippen molar-refractivity contribution in [1.82, 2.24) is 35.1 Å². The van der Waals surface area contributed by atoms with Crippen molar-refractivity contribution >= 4 is 41.0 Å². The van der Waals surface area contributed by atoms with E-state index in [2.05, 4.69) is 72.3 Å². The van der Waals surface area contributed by atoms with Crippen LogP contribution in [0.2, 0.25) is 0 Å². The smallest absolute Gasteiger partial charge is 0.298 e. The first-order valence-electron chi connectivity index (χ1n) is 25.9. The summed E-state index contributed by atoms with van der Waals surface area (Å²) in [7, 11) is 3.29. The highest BCUT2D eigenvalue weighted by molar-refractivity contribution is 5.96. The number of fused-ring (bicyclic) bond motifs is 1. The maximum absolute atomic E-state index is 14.4. The second-order valence-corrected chi connectivity index (χ2v) is 19.8. The molecule has 390 valence electrons. The van der Waals surface area contributed by atoms with Crippen LogP contribution in [0.1, 0.15) is 110 Å². The van der Waals surface area contributed by atoms with E-state index in [9.17, 15) is 24.0 Å². The molecule has 3 fully saturated rings. The first-order valence-corrected chi connectivity index (χ1v) is 25.9. The molecule has 2 N–H and O–H groups in total. The van der Waals surface area contributed by atoms with Gasteiger partial charge < -0.3 is 33.9 Å². The van der Waals surface area contributed by atoms with Crippen LogP contribution in [0, 0.1) is 29.6 Å². The summed E-state index contributed by atoms with van der Waals surface area (Å²) in [5, 5.41) is 5.74. The second-order valence-electron chi connectivity index (χ2n) is 19.8. The lowest BCUT2D eigenvalue weighted by Crippen LogP contribution is -2.59. The van der Waals surface area contributed by atoms with Gasteiger partial charge in [0.15, 0.2) is 0 Å². The SMILES string of the molecule is C#CC(=O)N1CC[C@H](C(=O)N(C)C(C(=O)NC(Cc2cccc(-c3ccc4c(c3)c(CC(C)(C)COC=O)c(-c3cccnc3C(C)OC)n4CC)c2)C(=O)N2CCCCN2)C(C)C)C1.C1CCOC1.CC. The Labute approximate surface area is 427 Å². The van der Waals surface area contributed by atoms with Crippen LogP contribution < -0.4 is 10.7 Å². The molecular weight excluding hydrogens is 911 g/mol. The second kappa shape index (κ2) is 27.1. The van der Waals surface area contributed by atoms with Gasteiger partial charge >= 0.3 is 0 Å². The number of carbonyl (C=O) groups excluding carboxylic acids is 5. The Morgan fingerprint density at radius 1 is 1.01 bits per heavy atom. The number of methoxy groups -OCH3 is 1. The van der Waals surface area contributed by atoms with E-state index in [1.165, 1.54) is 22.6 Å². The molecule has 2 aromatic heterocycles. The molecule has 5 heterocycles. The number of aromatic nitrogens is 2. The summed E-state index contributed by atoms with van der Waals surface area (Å²) in [6, 6.07) is 16.7. The standard InChI is InChI=1S/C51H65N7O7.C4H8O.C2H6/c1-10-44(60)56-25-21-38(30-56)49(62)55(8)46(33(3)4)48(61)54-42(50(63)58-24-13-12-23-53-58)27-35-16-14-17-36(26-35)37-19-20-43-40(28-37)41(29-51(6,7)31-65-32-59)47(57(43)11-2)39-18-15-22-52-45(39)34(5)64-9;1-2-4-5-3-1;1-2/h1,14-20,22,26,28,32-34,38,42,46,53H,11-13,21,23-25,27,29-31H2,2-9H3,(H,54,61);1-4H2;1-2H3/t34?,38-,42?,46?;;/m0../s1. The Kier molecular flexibility index (Phi) is 21.4. The normalized spacial score (nSPS) is 16.9. The van der Waals surface area contributed by atoms with Crippen LogP contribution >= 0.6 is 0 Å². The molecule has 0 aliphatic carbocycles. The fraction of sp³-hybridized carbons (Fsp3) is 0.544. The monoisotopic (exact) mass is 990 g/mol. The molecular formula is C57H79N7O8. The van der Waals surface area contributed by atoms with E-state index in [0.717, 1.165) is 76.2 Å². The van der Waals surface area contributed by atoms with Gasteiger partial charge in [-0.3, -0.25) is 34.0 Å². The number of nitrogens with zero attached hydrogens (tertiary/aromatic N) is 5. The molecule has 2 aromatic carbocycles. The zero-order chi connectivity index (χ0) is 52.5. The number of likely N-dealkylation sites (N-methyl/N-ethyl adjacent to an activating group) is 1. The number of benzene rings is 2. The summed E-state index contributed by atoms with van der Waals surface area (Å²) in [6.45, 7) is 21.2. The van der Waals surface area contributed by atoms with E-state index >= 15 is 0 Å². The Morgan fingerprint density at radius 2 is 1.75 bits per heavy atom. The number of aryl methyl sites for hydroxylation is 1. The van der Waals surface area contributed by atoms with Crippen LogP contribution in [-0.4, -0.2) is 127 Å². The van der Waals surface area contributed by atoms with Gasteiger partial charge in [-0.05, 0) is 111 Å². The number of pyridine rings is 1. The van der Waals surface area contributed by atoms with Crippen molar-refractivity contribution in [3.63, 3.8) is 0 Å². The zero-order valence-electron chi connectivity index (χ0n) is 44.4. The molecule has 7 rings (SSSR count). The van der Waals surface area contributed by atoms with Gasteiger partial charge in [-0.15, -0.1) is 6.42 Å². The minimum Gasteiger partial charge on any atom is -0.467 e. The molecule has 0 spiro atoms. The first-order chi connectivity index (χ1) is 34.6. The molecule has 15 nitrogen and oxygen atoms in total. The van der Waals surface area contributed by atoms with Crippen molar-refractivity contribution in [1.29, 1.82) is 0 Å². The number of likely N-dealkylation sites (tertiary alicyclic amines) is 1. The van der Waals surface area contributed by atoms with E-state index in [-0.39, 0.29) is 43.4 Å². The third kappa shape index (κ3) is 14.1. The van der Waals surface area contributed by atoms with Crippen molar-refractivity contribution in [2.45, 2.75) is 125 Å². The number of terminal acetylenes is 1. The molecule has 0 saturated carbocycles. The summed E-state index contributed by atoms with van der Waals surface area (Å²) in [5.74, 6) is -0.0203. The number of ether oxygens (including phenoxy) is 3. The van der Waals surface area contributed by atoms with Crippen LogP contribution in [0.25, 0.3) is 33.3 Å². The lowest BCUT2D eigenvalue weighted by atomic mass is 9.84. The lowest BCUT2D eigenvalue weighted by molar-refractivity contribution is -0.145. The highest BCUT2D eigenvalue weighted by atomic mass is 16.5. The van der Waals surface area contributed by atoms with E-state index in [1.54, 1.807) is 25.4 Å². The average Bonchev–Trinajstić information content (AvgIpc) is 4.21. The molecule has 3 aliphatic rings. The summed E-state index contributed by atoms with van der Waals surface area (Å²) in [5.41, 5.74) is 10.6. The number of hydrazine groups is 1. The molecule has 4 amide bonds. The van der Waals surface area contributed by atoms with Crippen molar-refractivity contribution in [2.24, 2.45) is 17.3 Å². The maximum Gasteiger partial charge on any atom is 0.298 e. The summed E-state index contributed by atoms with van der Waals surface area (Å²) >= 11 is 0. The number of rotatable bonds is 18. The largest absolute Gasteiger partial charge is 0.467 e. The van der Waals surface area contributed by atoms with E-state index in [1.807, 2.05) is 58.9 Å². The van der Waals surface area contributed by atoms with Gasteiger partial charge in [0.25, 0.3) is 18.3 Å². The topological polar surface area (TPSA) is 165 Å². The number of nitrogens with one attached hydrogen (secondary N) is 2. The minimum atomic E-state index is -0.933. The van der Waals surface area contributed by atoms with Crippen molar-refractivity contribution in [2.75, 3.05) is 60.2 Å². The van der Waals surface area contributed by atoms with Crippen LogP contribution in [0.4, 0.5) is 0 Å².